The molecule has 0 aromatic carbocycles. The molecule has 4 rings (SSSR count). The predicted molar refractivity (Wildman–Crippen MR) is 90.2 cm³/mol. The second-order valence-electron chi connectivity index (χ2n) is 7.42. The van der Waals surface area contributed by atoms with E-state index in [2.05, 4.69) is 19.1 Å². The fraction of sp³-hybridized carbons (Fsp3) is 0.619. The van der Waals surface area contributed by atoms with E-state index in [0.717, 1.165) is 5.92 Å². The van der Waals surface area contributed by atoms with Crippen LogP contribution in [0.5, 0.6) is 0 Å². The first kappa shape index (κ1) is 13.6. The van der Waals surface area contributed by atoms with Crippen LogP contribution in [-0.4, -0.2) is 0 Å². The lowest BCUT2D eigenvalue weighted by atomic mass is 9.85. The summed E-state index contributed by atoms with van der Waals surface area (Å²) in [5.41, 5.74) is 10.5. The van der Waals surface area contributed by atoms with E-state index < -0.39 is 0 Å². The van der Waals surface area contributed by atoms with Crippen LogP contribution in [0.4, 0.5) is 0 Å². The molecule has 0 saturated carbocycles. The van der Waals surface area contributed by atoms with Gasteiger partial charge in [0.05, 0.1) is 0 Å². The molecule has 4 aliphatic rings. The molecule has 0 aromatic heterocycles. The van der Waals surface area contributed by atoms with Gasteiger partial charge in [-0.2, -0.15) is 0 Å². The maximum atomic E-state index is 2.60. The van der Waals surface area contributed by atoms with Crippen molar-refractivity contribution < 1.29 is 0 Å². The molecule has 21 heavy (non-hydrogen) atoms. The van der Waals surface area contributed by atoms with Crippen molar-refractivity contribution in [3.05, 3.63) is 45.6 Å². The topological polar surface area (TPSA) is 0 Å². The van der Waals surface area contributed by atoms with E-state index in [-0.39, 0.29) is 0 Å². The van der Waals surface area contributed by atoms with Crippen LogP contribution < -0.4 is 0 Å². The minimum absolute atomic E-state index is 0.737. The molecule has 0 nitrogen and oxygen atoms in total. The maximum Gasteiger partial charge on any atom is 0.00172 e. The van der Waals surface area contributed by atoms with Crippen LogP contribution in [0.1, 0.15) is 77.6 Å². The first-order valence-corrected chi connectivity index (χ1v) is 9.18. The van der Waals surface area contributed by atoms with Gasteiger partial charge < -0.3 is 0 Å². The van der Waals surface area contributed by atoms with Gasteiger partial charge in [-0.1, -0.05) is 41.4 Å². The Hall–Kier alpha value is -1.04. The molecule has 0 bridgehead atoms. The normalized spacial score (nSPS) is 25.2. The van der Waals surface area contributed by atoms with Crippen LogP contribution in [0, 0.1) is 5.92 Å². The van der Waals surface area contributed by atoms with E-state index in [1.54, 1.807) is 33.4 Å². The van der Waals surface area contributed by atoms with Crippen LogP contribution >= 0.6 is 0 Å². The van der Waals surface area contributed by atoms with Crippen molar-refractivity contribution in [1.29, 1.82) is 0 Å². The minimum Gasteiger partial charge on any atom is -0.0645 e. The Balaban J connectivity index is 1.52. The van der Waals surface area contributed by atoms with E-state index in [1.165, 1.54) is 70.6 Å². The molecule has 0 spiro atoms. The molecule has 0 amide bonds. The van der Waals surface area contributed by atoms with Crippen LogP contribution in [0.3, 0.4) is 0 Å². The minimum atomic E-state index is 0.737. The molecular formula is C21H28. The van der Waals surface area contributed by atoms with Crippen molar-refractivity contribution in [2.45, 2.75) is 77.6 Å². The van der Waals surface area contributed by atoms with Gasteiger partial charge in [0.15, 0.2) is 0 Å². The zero-order valence-corrected chi connectivity index (χ0v) is 13.5. The summed E-state index contributed by atoms with van der Waals surface area (Å²) in [6.45, 7) is 2.39. The molecule has 0 N–H and O–H groups in total. The van der Waals surface area contributed by atoms with Crippen LogP contribution in [0.2, 0.25) is 0 Å². The van der Waals surface area contributed by atoms with Crippen LogP contribution in [0.25, 0.3) is 0 Å². The average Bonchev–Trinajstić information content (AvgIpc) is 3.11. The average molecular weight is 280 g/mol. The fourth-order valence-corrected chi connectivity index (χ4v) is 4.99. The molecule has 0 aliphatic heterocycles. The van der Waals surface area contributed by atoms with Gasteiger partial charge in [-0.15, -0.1) is 0 Å². The molecule has 0 saturated heterocycles. The standard InChI is InChI=1S/C21H28/c1-2-21(19-11-15-7-3-4-8-16(15)12-19)20-13-17-9-5-6-10-18(17)14-20/h11,13,21H,2-10,12,14H2,1H3. The van der Waals surface area contributed by atoms with Crippen molar-refractivity contribution >= 4 is 0 Å². The van der Waals surface area contributed by atoms with Crippen LogP contribution in [-0.2, 0) is 0 Å². The first-order chi connectivity index (χ1) is 10.3. The van der Waals surface area contributed by atoms with Gasteiger partial charge in [0, 0.05) is 5.92 Å². The molecule has 0 radical (unpaired) electrons. The number of hydrogen-bond acceptors (Lipinski definition) is 0. The second kappa shape index (κ2) is 5.63. The van der Waals surface area contributed by atoms with Gasteiger partial charge in [0.2, 0.25) is 0 Å². The molecule has 0 unspecified atom stereocenters. The quantitative estimate of drug-likeness (QED) is 0.560. The lowest BCUT2D eigenvalue weighted by Gasteiger charge is -2.20. The van der Waals surface area contributed by atoms with Gasteiger partial charge in [-0.3, -0.25) is 0 Å². The Labute approximate surface area is 129 Å². The highest BCUT2D eigenvalue weighted by molar-refractivity contribution is 5.48. The molecule has 0 aromatic rings. The molecular weight excluding hydrogens is 252 g/mol. The Bertz CT molecular complexity index is 515. The molecule has 0 heterocycles. The summed E-state index contributed by atoms with van der Waals surface area (Å²) in [5, 5.41) is 0. The van der Waals surface area contributed by atoms with E-state index >= 15 is 0 Å². The van der Waals surface area contributed by atoms with Gasteiger partial charge in [0.1, 0.15) is 0 Å². The fourth-order valence-electron chi connectivity index (χ4n) is 4.99. The zero-order valence-electron chi connectivity index (χ0n) is 13.5. The second-order valence-corrected chi connectivity index (χ2v) is 7.42. The number of allylic oxidation sites excluding steroid dienone is 8. The Morgan fingerprint density at radius 3 is 1.67 bits per heavy atom. The molecule has 4 aliphatic carbocycles. The maximum absolute atomic E-state index is 2.60. The molecule has 112 valence electrons. The van der Waals surface area contributed by atoms with Gasteiger partial charge in [-0.05, 0) is 81.8 Å². The van der Waals surface area contributed by atoms with Crippen molar-refractivity contribution in [1.82, 2.24) is 0 Å². The summed E-state index contributed by atoms with van der Waals surface area (Å²) in [5.74, 6) is 0.737. The summed E-state index contributed by atoms with van der Waals surface area (Å²) < 4.78 is 0. The Morgan fingerprint density at radius 2 is 1.24 bits per heavy atom. The third-order valence-electron chi connectivity index (χ3n) is 6.12. The lowest BCUT2D eigenvalue weighted by molar-refractivity contribution is 0.634. The zero-order chi connectivity index (χ0) is 14.2. The smallest absolute Gasteiger partial charge is 0.00172 e. The summed E-state index contributed by atoms with van der Waals surface area (Å²) >= 11 is 0. The third-order valence-corrected chi connectivity index (χ3v) is 6.12. The van der Waals surface area contributed by atoms with Crippen molar-refractivity contribution in [3.8, 4) is 0 Å². The SMILES string of the molecule is CCC(C1=CC2=C(CCCC2)C1)C1=CC2=C(CCCC2)C1. The molecule has 0 atom stereocenters. The highest BCUT2D eigenvalue weighted by Gasteiger charge is 2.28. The number of rotatable bonds is 3. The third kappa shape index (κ3) is 2.47. The van der Waals surface area contributed by atoms with Crippen molar-refractivity contribution in [2.75, 3.05) is 0 Å². The van der Waals surface area contributed by atoms with Gasteiger partial charge in [-0.25, -0.2) is 0 Å². The predicted octanol–water partition coefficient (Wildman–Crippen LogP) is 6.41. The van der Waals surface area contributed by atoms with E-state index in [9.17, 15) is 0 Å². The van der Waals surface area contributed by atoms with Crippen molar-refractivity contribution in [3.63, 3.8) is 0 Å². The largest absolute Gasteiger partial charge is 0.0645 e. The van der Waals surface area contributed by atoms with E-state index in [1.807, 2.05) is 0 Å². The highest BCUT2D eigenvalue weighted by Crippen LogP contribution is 2.45. The highest BCUT2D eigenvalue weighted by atomic mass is 14.3. The number of hydrogen-bond donors (Lipinski definition) is 0. The molecule has 0 heteroatoms. The Kier molecular flexibility index (Phi) is 3.65. The Morgan fingerprint density at radius 1 is 0.762 bits per heavy atom. The van der Waals surface area contributed by atoms with Gasteiger partial charge in [0.25, 0.3) is 0 Å². The monoisotopic (exact) mass is 280 g/mol. The summed E-state index contributed by atoms with van der Waals surface area (Å²) in [7, 11) is 0. The summed E-state index contributed by atoms with van der Waals surface area (Å²) in [4.78, 5) is 0. The molecule has 0 fully saturated rings. The lowest BCUT2D eigenvalue weighted by Crippen LogP contribution is -2.06. The van der Waals surface area contributed by atoms with Crippen LogP contribution in [0.15, 0.2) is 45.6 Å². The van der Waals surface area contributed by atoms with E-state index in [4.69, 9.17) is 0 Å². The van der Waals surface area contributed by atoms with Crippen molar-refractivity contribution in [2.24, 2.45) is 5.92 Å². The van der Waals surface area contributed by atoms with Gasteiger partial charge >= 0.3 is 0 Å². The first-order valence-electron chi connectivity index (χ1n) is 9.18. The summed E-state index contributed by atoms with van der Waals surface area (Å²) in [6, 6.07) is 0. The summed E-state index contributed by atoms with van der Waals surface area (Å²) in [6.07, 6.45) is 20.2. The van der Waals surface area contributed by atoms with E-state index in [0.29, 0.717) is 0 Å².